The first-order valence-corrected chi connectivity index (χ1v) is 42.2. The van der Waals surface area contributed by atoms with Gasteiger partial charge in [0.2, 0.25) is 0 Å². The van der Waals surface area contributed by atoms with Crippen LogP contribution in [0.15, 0.2) is 425 Å². The van der Waals surface area contributed by atoms with Crippen LogP contribution in [0.4, 0.5) is 51.6 Å². The maximum atomic E-state index is 2.50. The van der Waals surface area contributed by atoms with Gasteiger partial charge < -0.3 is 0 Å². The van der Waals surface area contributed by atoms with Gasteiger partial charge in [0.05, 0.1) is 62.0 Å². The number of fused-ring (bicyclic) bond motifs is 33. The summed E-state index contributed by atoms with van der Waals surface area (Å²) in [5.41, 5.74) is 37.6. The van der Waals surface area contributed by atoms with Gasteiger partial charge in [0.25, 0.3) is 0 Å². The Bertz CT molecular complexity index is 8460. The highest BCUT2D eigenvalue weighted by Gasteiger charge is 2.36. The first-order valence-electron chi connectivity index (χ1n) is 42.2. The van der Waals surface area contributed by atoms with Gasteiger partial charge in [-0.05, 0) is 213 Å². The molecular formula is C116H70N6. The molecule has 20 aromatic carbocycles. The van der Waals surface area contributed by atoms with Gasteiger partial charge >= 0.3 is 0 Å². The molecule has 0 N–H and O–H groups in total. The van der Waals surface area contributed by atoms with Gasteiger partial charge in [0, 0.05) is 66.0 Å². The predicted molar refractivity (Wildman–Crippen MR) is 512 cm³/mol. The molecule has 6 heteroatoms. The summed E-state index contributed by atoms with van der Waals surface area (Å²) in [6, 6.07) is 156. The Morgan fingerprint density at radius 1 is 0.131 bits per heavy atom. The summed E-state index contributed by atoms with van der Waals surface area (Å²) >= 11 is 0. The van der Waals surface area contributed by atoms with Crippen LogP contribution < -0.4 is 14.7 Å². The summed E-state index contributed by atoms with van der Waals surface area (Å²) in [5.74, 6) is 3.45. The minimum atomic E-state index is 1.15. The van der Waals surface area contributed by atoms with E-state index in [9.17, 15) is 0 Å². The number of nitrogens with zero attached hydrogens (tertiary/aromatic N) is 6. The quantitative estimate of drug-likeness (QED) is 0.176. The van der Waals surface area contributed by atoms with E-state index in [1.165, 1.54) is 238 Å². The zero-order valence-electron chi connectivity index (χ0n) is 66.1. The van der Waals surface area contributed by atoms with Crippen LogP contribution in [-0.2, 0) is 0 Å². The summed E-state index contributed by atoms with van der Waals surface area (Å²) in [6.45, 7) is 0. The lowest BCUT2D eigenvalue weighted by Crippen LogP contribution is -2.13. The van der Waals surface area contributed by atoms with Crippen LogP contribution in [0.1, 0.15) is 0 Å². The maximum absolute atomic E-state index is 2.50. The fourth-order valence-electron chi connectivity index (χ4n) is 21.6. The zero-order chi connectivity index (χ0) is 79.5. The molecule has 0 unspecified atom stereocenters. The molecular weight excluding hydrogens is 1480 g/mol. The second kappa shape index (κ2) is 25.6. The van der Waals surface area contributed by atoms with Crippen LogP contribution >= 0.6 is 0 Å². The van der Waals surface area contributed by atoms with Crippen LogP contribution in [0.25, 0.3) is 204 Å². The highest BCUT2D eigenvalue weighted by molar-refractivity contribution is 6.23. The number of anilines is 9. The molecule has 122 heavy (non-hydrogen) atoms. The summed E-state index contributed by atoms with van der Waals surface area (Å²) in [5, 5.41) is 16.6. The Balaban J connectivity index is 0.0000000963. The molecule has 3 aliphatic carbocycles. The summed E-state index contributed by atoms with van der Waals surface area (Å²) in [7, 11) is 0. The molecule has 29 rings (SSSR count). The number of hydrogen-bond acceptors (Lipinski definition) is 3. The third kappa shape index (κ3) is 9.43. The zero-order valence-corrected chi connectivity index (χ0v) is 66.1. The molecule has 0 atom stereocenters. The molecule has 0 saturated carbocycles. The monoisotopic (exact) mass is 1550 g/mol. The molecule has 0 radical (unpaired) electrons. The van der Waals surface area contributed by atoms with Crippen molar-refractivity contribution in [2.24, 2.45) is 0 Å². The molecule has 3 aliphatic heterocycles. The average Bonchev–Trinajstić information content (AvgIpc) is 1.54. The fraction of sp³-hybridized carbons (Fsp3) is 0. The Kier molecular flexibility index (Phi) is 14.0. The van der Waals surface area contributed by atoms with E-state index in [-0.39, 0.29) is 0 Å². The lowest BCUT2D eigenvalue weighted by Gasteiger charge is -2.27. The number of para-hydroxylation sites is 7. The van der Waals surface area contributed by atoms with Gasteiger partial charge in [-0.1, -0.05) is 322 Å². The summed E-state index contributed by atoms with van der Waals surface area (Å²) < 4.78 is 7.36. The van der Waals surface area contributed by atoms with Gasteiger partial charge in [-0.25, -0.2) is 0 Å². The van der Waals surface area contributed by atoms with Crippen molar-refractivity contribution in [1.29, 1.82) is 0 Å². The van der Waals surface area contributed by atoms with Crippen molar-refractivity contribution in [3.8, 4) is 117 Å². The van der Waals surface area contributed by atoms with Crippen molar-refractivity contribution in [3.05, 3.63) is 425 Å². The molecule has 0 amide bonds. The standard InChI is InChI=1S/2C40H24N2.C36H22N2/c1-2-11-26-23-38-34(22-25(26)10-1)30-15-6-8-19-36(30)42(39-24-27-12-3-7-18-35(27)41(38)39)37-21-20-32-29-14-5-4-13-28(29)31-16-9-17-33(37)40(31)32;1-2-11-26-25(10-1)20-22-38-34(26)24-39-41(35-18-7-5-14-29(35)30-15-6-8-19-36(30)42(38)39)37-23-21-32-28-13-4-3-12-27(28)31-16-9-17-33(37)40(31)32;1-6-17-32-23(10-1)21-35-37(33-18-7-4-14-28(33)29-15-5-8-19-34(29)38(32)35)25-20-24-11-9-16-30-26-12-2-3-13-27(26)31(22-25)36(24)30/h2*1-24H;1-22H. The number of rotatable bonds is 3. The molecule has 0 fully saturated rings. The van der Waals surface area contributed by atoms with Gasteiger partial charge in [-0.3, -0.25) is 28.4 Å². The number of hydrogen-bond donors (Lipinski definition) is 0. The van der Waals surface area contributed by atoms with Crippen molar-refractivity contribution < 1.29 is 0 Å². The Hall–Kier alpha value is -16.3. The van der Waals surface area contributed by atoms with Gasteiger partial charge in [0.1, 0.15) is 17.5 Å². The van der Waals surface area contributed by atoms with Crippen LogP contribution in [0, 0.1) is 0 Å². The maximum Gasteiger partial charge on any atom is 0.123 e. The largest absolute Gasteiger partial charge is 0.295 e. The molecule has 6 nitrogen and oxygen atoms in total. The highest BCUT2D eigenvalue weighted by Crippen LogP contribution is 2.60. The van der Waals surface area contributed by atoms with Crippen molar-refractivity contribution in [2.75, 3.05) is 14.7 Å². The molecule has 3 aromatic heterocycles. The lowest BCUT2D eigenvalue weighted by atomic mass is 9.96. The topological polar surface area (TPSA) is 24.5 Å². The van der Waals surface area contributed by atoms with E-state index in [4.69, 9.17) is 0 Å². The third-order valence-corrected chi connectivity index (χ3v) is 26.7. The van der Waals surface area contributed by atoms with Crippen molar-refractivity contribution in [1.82, 2.24) is 13.7 Å². The normalized spacial score (nSPS) is 12.7. The summed E-state index contributed by atoms with van der Waals surface area (Å²) in [4.78, 5) is 7.45. The second-order valence-electron chi connectivity index (χ2n) is 32.9. The SMILES string of the molecule is c1ccc2c(c1)-c1cccc3c(N4c5ccccc5-c5cc6ccccc6cc5-n5c4cc4ccccc45)ccc-2c13.c1ccc2c(c1)-c1cccc3c(N4c5ccccc5-c5ccccc5-n5c4cc4c6ccccc6ccc45)ccc-2c13.c1ccc2c(c1)-c1cccc3cc(N4c5ccccc5-c5ccccc5-n5c4cc4ccccc45)cc-2c13. The fourth-order valence-corrected chi connectivity index (χ4v) is 21.6. The predicted octanol–water partition coefficient (Wildman–Crippen LogP) is 32.0. The number of aromatic nitrogens is 3. The minimum Gasteiger partial charge on any atom is -0.295 e. The molecule has 0 saturated heterocycles. The van der Waals surface area contributed by atoms with Crippen LogP contribution in [0.2, 0.25) is 0 Å². The first-order chi connectivity index (χ1) is 60.6. The Morgan fingerprint density at radius 2 is 0.475 bits per heavy atom. The van der Waals surface area contributed by atoms with Crippen molar-refractivity contribution >= 4 is 138 Å². The molecule has 6 aliphatic rings. The first kappa shape index (κ1) is 66.8. The highest BCUT2D eigenvalue weighted by atomic mass is 15.3. The molecule has 23 aromatic rings. The van der Waals surface area contributed by atoms with Crippen LogP contribution in [0.3, 0.4) is 0 Å². The Morgan fingerprint density at radius 3 is 1.01 bits per heavy atom. The molecule has 0 spiro atoms. The van der Waals surface area contributed by atoms with Crippen molar-refractivity contribution in [3.63, 3.8) is 0 Å². The third-order valence-electron chi connectivity index (χ3n) is 26.7. The smallest absolute Gasteiger partial charge is 0.123 e. The average molecular weight is 1550 g/mol. The van der Waals surface area contributed by atoms with Gasteiger partial charge in [-0.15, -0.1) is 0 Å². The molecule has 0 bridgehead atoms. The van der Waals surface area contributed by atoms with Crippen LogP contribution in [0.5, 0.6) is 0 Å². The van der Waals surface area contributed by atoms with E-state index in [1.54, 1.807) is 0 Å². The lowest BCUT2D eigenvalue weighted by molar-refractivity contribution is 1.09. The van der Waals surface area contributed by atoms with E-state index >= 15 is 0 Å². The van der Waals surface area contributed by atoms with Gasteiger partial charge in [0.15, 0.2) is 0 Å². The summed E-state index contributed by atoms with van der Waals surface area (Å²) in [6.07, 6.45) is 0. The van der Waals surface area contributed by atoms with E-state index in [0.29, 0.717) is 0 Å². The van der Waals surface area contributed by atoms with Gasteiger partial charge in [-0.2, -0.15) is 0 Å². The molecule has 564 valence electrons. The van der Waals surface area contributed by atoms with E-state index < -0.39 is 0 Å². The van der Waals surface area contributed by atoms with Crippen LogP contribution in [-0.4, -0.2) is 13.7 Å². The number of benzene rings is 20. The van der Waals surface area contributed by atoms with E-state index in [1.807, 2.05) is 0 Å². The van der Waals surface area contributed by atoms with E-state index in [0.717, 1.165) is 17.5 Å². The van der Waals surface area contributed by atoms with E-state index in [2.05, 4.69) is 453 Å². The Labute approximate surface area is 703 Å². The van der Waals surface area contributed by atoms with Crippen molar-refractivity contribution in [2.45, 2.75) is 0 Å². The minimum absolute atomic E-state index is 1.15. The molecule has 6 heterocycles. The second-order valence-corrected chi connectivity index (χ2v) is 32.9.